The second kappa shape index (κ2) is 28.6. The average molecular weight is 615 g/mol. The van der Waals surface area contributed by atoms with Crippen LogP contribution in [0.5, 0.6) is 0 Å². The van der Waals surface area contributed by atoms with Crippen LogP contribution in [0.1, 0.15) is 225 Å². The summed E-state index contributed by atoms with van der Waals surface area (Å²) in [4.78, 5) is 24.1. The molecule has 0 radical (unpaired) electrons. The summed E-state index contributed by atoms with van der Waals surface area (Å²) in [6.45, 7) is 4.53. The summed E-state index contributed by atoms with van der Waals surface area (Å²) in [5.74, 6) is -1.88. The summed E-state index contributed by atoms with van der Waals surface area (Å²) in [7, 11) is 0. The van der Waals surface area contributed by atoms with Gasteiger partial charge in [0.15, 0.2) is 0 Å². The van der Waals surface area contributed by atoms with Gasteiger partial charge in [-0.2, -0.15) is 0 Å². The predicted molar refractivity (Wildman–Crippen MR) is 188 cm³/mol. The first kappa shape index (κ1) is 40.2. The molecule has 0 aromatic heterocycles. The van der Waals surface area contributed by atoms with E-state index in [2.05, 4.69) is 13.8 Å². The predicted octanol–water partition coefficient (Wildman–Crippen LogP) is 13.1. The lowest BCUT2D eigenvalue weighted by Gasteiger charge is -2.13. The SMILES string of the molecule is CCCCCCCCCCCCCCCCc1cc(C(=O)O)c(CCCCCCCCCCCCCCCC)cc1C(=O)O. The van der Waals surface area contributed by atoms with Crippen LogP contribution in [-0.4, -0.2) is 22.2 Å². The van der Waals surface area contributed by atoms with E-state index in [4.69, 9.17) is 0 Å². The summed E-state index contributed by atoms with van der Waals surface area (Å²) in [5.41, 5.74) is 1.95. The van der Waals surface area contributed by atoms with Gasteiger partial charge >= 0.3 is 11.9 Å². The van der Waals surface area contributed by atoms with Crippen molar-refractivity contribution in [2.45, 2.75) is 206 Å². The first-order chi connectivity index (χ1) is 21.5. The van der Waals surface area contributed by atoms with Gasteiger partial charge in [0.2, 0.25) is 0 Å². The van der Waals surface area contributed by atoms with Crippen molar-refractivity contribution in [1.82, 2.24) is 0 Å². The lowest BCUT2D eigenvalue weighted by atomic mass is 9.92. The number of unbranched alkanes of at least 4 members (excludes halogenated alkanes) is 26. The van der Waals surface area contributed by atoms with Gasteiger partial charge in [0, 0.05) is 0 Å². The summed E-state index contributed by atoms with van der Waals surface area (Å²) in [6.07, 6.45) is 37.2. The number of hydrogen-bond acceptors (Lipinski definition) is 2. The first-order valence-corrected chi connectivity index (χ1v) is 19.1. The smallest absolute Gasteiger partial charge is 0.335 e. The monoisotopic (exact) mass is 615 g/mol. The summed E-state index contributed by atoms with van der Waals surface area (Å²) >= 11 is 0. The molecule has 0 amide bonds. The molecule has 0 aliphatic carbocycles. The molecule has 0 saturated heterocycles. The average Bonchev–Trinajstić information content (AvgIpc) is 3.01. The van der Waals surface area contributed by atoms with Crippen molar-refractivity contribution in [2.24, 2.45) is 0 Å². The molecular weight excluding hydrogens is 544 g/mol. The molecule has 4 heteroatoms. The fourth-order valence-electron chi connectivity index (χ4n) is 6.52. The molecule has 2 N–H and O–H groups in total. The molecule has 1 aromatic carbocycles. The second-order valence-electron chi connectivity index (χ2n) is 13.5. The van der Waals surface area contributed by atoms with Crippen molar-refractivity contribution >= 4 is 11.9 Å². The van der Waals surface area contributed by atoms with Crippen LogP contribution in [0.25, 0.3) is 0 Å². The molecule has 0 unspecified atom stereocenters. The number of aromatic carboxylic acids is 2. The third-order valence-corrected chi connectivity index (χ3v) is 9.39. The van der Waals surface area contributed by atoms with E-state index in [0.29, 0.717) is 35.1 Å². The van der Waals surface area contributed by atoms with Crippen LogP contribution >= 0.6 is 0 Å². The zero-order chi connectivity index (χ0) is 32.1. The minimum Gasteiger partial charge on any atom is -0.478 e. The van der Waals surface area contributed by atoms with Gasteiger partial charge in [0.1, 0.15) is 0 Å². The quantitative estimate of drug-likeness (QED) is 0.0792. The van der Waals surface area contributed by atoms with E-state index < -0.39 is 11.9 Å². The van der Waals surface area contributed by atoms with Gasteiger partial charge in [-0.25, -0.2) is 9.59 Å². The summed E-state index contributed by atoms with van der Waals surface area (Å²) in [6, 6.07) is 3.32. The van der Waals surface area contributed by atoms with E-state index in [0.717, 1.165) is 25.7 Å². The Morgan fingerprint density at radius 1 is 0.386 bits per heavy atom. The third-order valence-electron chi connectivity index (χ3n) is 9.39. The summed E-state index contributed by atoms with van der Waals surface area (Å²) < 4.78 is 0. The third kappa shape index (κ3) is 21.0. The minimum atomic E-state index is -0.940. The summed E-state index contributed by atoms with van der Waals surface area (Å²) in [5, 5.41) is 19.8. The van der Waals surface area contributed by atoms with E-state index in [1.54, 1.807) is 12.1 Å². The van der Waals surface area contributed by atoms with Crippen LogP contribution in [0.15, 0.2) is 12.1 Å². The number of carbonyl (C=O) groups is 2. The number of hydrogen-bond donors (Lipinski definition) is 2. The molecule has 0 atom stereocenters. The standard InChI is InChI=1S/C40H70O4/c1-3-5-7-9-11-13-15-17-19-21-23-25-27-29-31-35-33-38(40(43)44)36(34-37(35)39(41)42)32-30-28-26-24-22-20-18-16-14-12-10-8-6-4-2/h33-34H,3-32H2,1-2H3,(H,41,42)(H,43,44). The van der Waals surface area contributed by atoms with Crippen LogP contribution in [-0.2, 0) is 12.8 Å². The molecule has 0 aliphatic rings. The highest BCUT2D eigenvalue weighted by atomic mass is 16.4. The van der Waals surface area contributed by atoms with Gasteiger partial charge in [0.05, 0.1) is 11.1 Å². The van der Waals surface area contributed by atoms with Crippen molar-refractivity contribution in [1.29, 1.82) is 0 Å². The Balaban J connectivity index is 2.27. The Morgan fingerprint density at radius 3 is 0.795 bits per heavy atom. The van der Waals surface area contributed by atoms with E-state index in [1.807, 2.05) is 0 Å². The maximum Gasteiger partial charge on any atom is 0.335 e. The topological polar surface area (TPSA) is 74.6 Å². The zero-order valence-electron chi connectivity index (χ0n) is 29.1. The Bertz CT molecular complexity index is 776. The Labute approximate surface area is 272 Å². The van der Waals surface area contributed by atoms with Crippen molar-refractivity contribution < 1.29 is 19.8 Å². The van der Waals surface area contributed by atoms with Crippen LogP contribution < -0.4 is 0 Å². The van der Waals surface area contributed by atoms with Crippen molar-refractivity contribution in [3.8, 4) is 0 Å². The molecule has 0 bridgehead atoms. The highest BCUT2D eigenvalue weighted by Crippen LogP contribution is 2.23. The van der Waals surface area contributed by atoms with Crippen LogP contribution in [0.3, 0.4) is 0 Å². The van der Waals surface area contributed by atoms with E-state index in [9.17, 15) is 19.8 Å². The normalized spacial score (nSPS) is 11.3. The molecule has 0 aliphatic heterocycles. The Morgan fingerprint density at radius 2 is 0.591 bits per heavy atom. The van der Waals surface area contributed by atoms with Gasteiger partial charge < -0.3 is 10.2 Å². The molecule has 1 rings (SSSR count). The molecule has 4 nitrogen and oxygen atoms in total. The van der Waals surface area contributed by atoms with Gasteiger partial charge in [-0.1, -0.05) is 181 Å². The van der Waals surface area contributed by atoms with Gasteiger partial charge in [-0.05, 0) is 48.9 Å². The number of rotatable bonds is 32. The molecule has 0 saturated carbocycles. The largest absolute Gasteiger partial charge is 0.478 e. The van der Waals surface area contributed by atoms with Gasteiger partial charge in [-0.15, -0.1) is 0 Å². The number of carboxylic acids is 2. The maximum absolute atomic E-state index is 12.1. The molecular formula is C40H70O4. The molecule has 0 spiro atoms. The Kier molecular flexibility index (Phi) is 26.1. The highest BCUT2D eigenvalue weighted by Gasteiger charge is 2.18. The van der Waals surface area contributed by atoms with Gasteiger partial charge in [0.25, 0.3) is 0 Å². The Hall–Kier alpha value is -1.84. The fraction of sp³-hybridized carbons (Fsp3) is 0.800. The first-order valence-electron chi connectivity index (χ1n) is 19.1. The fourth-order valence-corrected chi connectivity index (χ4v) is 6.52. The highest BCUT2D eigenvalue weighted by molar-refractivity contribution is 5.94. The van der Waals surface area contributed by atoms with E-state index in [-0.39, 0.29) is 0 Å². The van der Waals surface area contributed by atoms with E-state index >= 15 is 0 Å². The van der Waals surface area contributed by atoms with Crippen LogP contribution in [0, 0.1) is 0 Å². The number of benzene rings is 1. The van der Waals surface area contributed by atoms with Crippen molar-refractivity contribution in [3.63, 3.8) is 0 Å². The second-order valence-corrected chi connectivity index (χ2v) is 13.5. The minimum absolute atomic E-state index is 0.296. The number of aryl methyl sites for hydroxylation is 2. The van der Waals surface area contributed by atoms with Crippen LogP contribution in [0.2, 0.25) is 0 Å². The lowest BCUT2D eigenvalue weighted by molar-refractivity contribution is 0.0679. The van der Waals surface area contributed by atoms with Crippen LogP contribution in [0.4, 0.5) is 0 Å². The van der Waals surface area contributed by atoms with Crippen molar-refractivity contribution in [3.05, 3.63) is 34.4 Å². The molecule has 44 heavy (non-hydrogen) atoms. The molecule has 1 aromatic rings. The number of carboxylic acid groups (broad SMARTS) is 2. The lowest BCUT2D eigenvalue weighted by Crippen LogP contribution is -2.10. The van der Waals surface area contributed by atoms with Crippen molar-refractivity contribution in [2.75, 3.05) is 0 Å². The van der Waals surface area contributed by atoms with Gasteiger partial charge in [-0.3, -0.25) is 0 Å². The van der Waals surface area contributed by atoms with E-state index in [1.165, 1.54) is 154 Å². The maximum atomic E-state index is 12.1. The zero-order valence-corrected chi connectivity index (χ0v) is 29.1. The molecule has 254 valence electrons. The molecule has 0 heterocycles. The molecule has 0 fully saturated rings.